The average molecular weight is 228 g/mol. The fourth-order valence-corrected chi connectivity index (χ4v) is 1.49. The van der Waals surface area contributed by atoms with E-state index in [4.69, 9.17) is 8.83 Å². The Hall–Kier alpha value is -2.56. The number of carbonyl (C=O) groups excluding carboxylic acids is 1. The lowest BCUT2D eigenvalue weighted by atomic mass is 10.3. The Bertz CT molecular complexity index is 622. The van der Waals surface area contributed by atoms with Crippen molar-refractivity contribution in [3.8, 4) is 0 Å². The first-order valence-corrected chi connectivity index (χ1v) is 5.03. The predicted molar refractivity (Wildman–Crippen MR) is 60.7 cm³/mol. The topological polar surface area (TPSA) is 68.3 Å². The number of hydrogen-bond donors (Lipinski definition) is 1. The molecule has 0 unspecified atom stereocenters. The van der Waals surface area contributed by atoms with Crippen LogP contribution >= 0.6 is 0 Å². The molecule has 1 amide bonds. The predicted octanol–water partition coefficient (Wildman–Crippen LogP) is 2.67. The molecule has 0 radical (unpaired) electrons. The zero-order valence-corrected chi connectivity index (χ0v) is 8.71. The highest BCUT2D eigenvalue weighted by Crippen LogP contribution is 2.18. The molecule has 0 bridgehead atoms. The molecule has 5 heteroatoms. The molecular formula is C12H8N2O3. The normalized spacial score (nSPS) is 10.6. The molecule has 3 rings (SSSR count). The summed E-state index contributed by atoms with van der Waals surface area (Å²) in [5.41, 5.74) is 1.32. The van der Waals surface area contributed by atoms with Gasteiger partial charge in [-0.2, -0.15) is 4.98 Å². The van der Waals surface area contributed by atoms with E-state index in [0.717, 1.165) is 0 Å². The molecule has 17 heavy (non-hydrogen) atoms. The summed E-state index contributed by atoms with van der Waals surface area (Å²) < 4.78 is 10.3. The molecule has 0 aliphatic carbocycles. The van der Waals surface area contributed by atoms with Crippen LogP contribution in [-0.2, 0) is 0 Å². The van der Waals surface area contributed by atoms with Crippen molar-refractivity contribution < 1.29 is 13.6 Å². The molecule has 5 nitrogen and oxygen atoms in total. The fourth-order valence-electron chi connectivity index (χ4n) is 1.49. The lowest BCUT2D eigenvalue weighted by molar-refractivity contribution is 0.0994. The summed E-state index contributed by atoms with van der Waals surface area (Å²) >= 11 is 0. The van der Waals surface area contributed by atoms with Crippen molar-refractivity contribution in [3.05, 3.63) is 48.4 Å². The van der Waals surface area contributed by atoms with Gasteiger partial charge in [0.15, 0.2) is 11.3 Å². The van der Waals surface area contributed by atoms with Crippen LogP contribution in [0.15, 0.2) is 51.5 Å². The highest BCUT2D eigenvalue weighted by Gasteiger charge is 2.12. The van der Waals surface area contributed by atoms with E-state index in [1.165, 1.54) is 6.26 Å². The minimum atomic E-state index is -0.387. The molecule has 0 aliphatic heterocycles. The van der Waals surface area contributed by atoms with Gasteiger partial charge in [-0.25, -0.2) is 0 Å². The van der Waals surface area contributed by atoms with Gasteiger partial charge in [-0.1, -0.05) is 12.1 Å². The first-order chi connectivity index (χ1) is 8.33. The number of anilines is 1. The lowest BCUT2D eigenvalue weighted by Crippen LogP contribution is -2.10. The SMILES string of the molecule is O=C(Nc1nc2ccccc2o1)c1ccco1. The highest BCUT2D eigenvalue weighted by atomic mass is 16.4. The summed E-state index contributed by atoms with van der Waals surface area (Å²) in [5.74, 6) is -0.172. The number of nitrogens with one attached hydrogen (secondary N) is 1. The summed E-state index contributed by atoms with van der Waals surface area (Å²) in [6, 6.07) is 10.6. The molecule has 0 saturated carbocycles. The molecule has 2 heterocycles. The summed E-state index contributed by atoms with van der Waals surface area (Å²) in [7, 11) is 0. The van der Waals surface area contributed by atoms with Gasteiger partial charge in [0, 0.05) is 0 Å². The minimum Gasteiger partial charge on any atom is -0.459 e. The van der Waals surface area contributed by atoms with Gasteiger partial charge in [0.05, 0.1) is 6.26 Å². The number of hydrogen-bond acceptors (Lipinski definition) is 4. The largest absolute Gasteiger partial charge is 0.459 e. The number of oxazole rings is 1. The van der Waals surface area contributed by atoms with Gasteiger partial charge in [-0.05, 0) is 24.3 Å². The van der Waals surface area contributed by atoms with Gasteiger partial charge < -0.3 is 8.83 Å². The van der Waals surface area contributed by atoms with Gasteiger partial charge in [0.1, 0.15) is 5.52 Å². The van der Waals surface area contributed by atoms with Crippen molar-refractivity contribution in [3.63, 3.8) is 0 Å². The molecule has 1 N–H and O–H groups in total. The Morgan fingerprint density at radius 2 is 2.06 bits per heavy atom. The molecule has 0 spiro atoms. The summed E-state index contributed by atoms with van der Waals surface area (Å²) in [6.07, 6.45) is 1.43. The quantitative estimate of drug-likeness (QED) is 0.732. The zero-order chi connectivity index (χ0) is 11.7. The van der Waals surface area contributed by atoms with E-state index < -0.39 is 0 Å². The number of fused-ring (bicyclic) bond motifs is 1. The van der Waals surface area contributed by atoms with Crippen LogP contribution in [-0.4, -0.2) is 10.9 Å². The van der Waals surface area contributed by atoms with Crippen molar-refractivity contribution in [2.75, 3.05) is 5.32 Å². The number of benzene rings is 1. The van der Waals surface area contributed by atoms with Crippen molar-refractivity contribution in [1.82, 2.24) is 4.98 Å². The highest BCUT2D eigenvalue weighted by molar-refractivity contribution is 6.01. The maximum atomic E-state index is 11.6. The first-order valence-electron chi connectivity index (χ1n) is 5.03. The molecule has 0 saturated heterocycles. The van der Waals surface area contributed by atoms with Gasteiger partial charge >= 0.3 is 6.01 Å². The third kappa shape index (κ3) is 1.78. The van der Waals surface area contributed by atoms with Crippen LogP contribution in [0.3, 0.4) is 0 Å². The molecule has 0 atom stereocenters. The molecular weight excluding hydrogens is 220 g/mol. The lowest BCUT2D eigenvalue weighted by Gasteiger charge is -1.95. The fraction of sp³-hybridized carbons (Fsp3) is 0. The van der Waals surface area contributed by atoms with Gasteiger partial charge in [-0.3, -0.25) is 10.1 Å². The van der Waals surface area contributed by atoms with Crippen LogP contribution in [0.4, 0.5) is 6.01 Å². The number of rotatable bonds is 2. The maximum absolute atomic E-state index is 11.6. The van der Waals surface area contributed by atoms with Crippen LogP contribution in [0.1, 0.15) is 10.6 Å². The molecule has 0 aliphatic rings. The minimum absolute atomic E-state index is 0.160. The van der Waals surface area contributed by atoms with E-state index in [9.17, 15) is 4.79 Å². The van der Waals surface area contributed by atoms with E-state index in [0.29, 0.717) is 11.1 Å². The standard InChI is InChI=1S/C12H8N2O3/c15-11(10-6-3-7-16-10)14-12-13-8-4-1-2-5-9(8)17-12/h1-7H,(H,13,14,15). The van der Waals surface area contributed by atoms with Crippen molar-refractivity contribution >= 4 is 23.0 Å². The molecule has 0 fully saturated rings. The summed E-state index contributed by atoms with van der Waals surface area (Å²) in [6.45, 7) is 0. The van der Waals surface area contributed by atoms with E-state index in [-0.39, 0.29) is 17.7 Å². The number of amides is 1. The number of para-hydroxylation sites is 2. The van der Waals surface area contributed by atoms with E-state index in [1.54, 1.807) is 24.3 Å². The number of carbonyl (C=O) groups is 1. The Labute approximate surface area is 96.1 Å². The average Bonchev–Trinajstić information content (AvgIpc) is 2.97. The van der Waals surface area contributed by atoms with E-state index in [1.807, 2.05) is 12.1 Å². The van der Waals surface area contributed by atoms with Gasteiger partial charge in [-0.15, -0.1) is 0 Å². The molecule has 2 aromatic heterocycles. The van der Waals surface area contributed by atoms with E-state index >= 15 is 0 Å². The van der Waals surface area contributed by atoms with Crippen LogP contribution in [0.2, 0.25) is 0 Å². The summed E-state index contributed by atoms with van der Waals surface area (Å²) in [5, 5.41) is 2.52. The van der Waals surface area contributed by atoms with E-state index in [2.05, 4.69) is 10.3 Å². The Balaban J connectivity index is 1.88. The smallest absolute Gasteiger partial charge is 0.302 e. The van der Waals surface area contributed by atoms with Crippen molar-refractivity contribution in [2.45, 2.75) is 0 Å². The number of nitrogens with zero attached hydrogens (tertiary/aromatic N) is 1. The second-order valence-electron chi connectivity index (χ2n) is 3.42. The molecule has 1 aromatic carbocycles. The maximum Gasteiger partial charge on any atom is 0.302 e. The zero-order valence-electron chi connectivity index (χ0n) is 8.71. The monoisotopic (exact) mass is 228 g/mol. The molecule has 84 valence electrons. The summed E-state index contributed by atoms with van der Waals surface area (Å²) in [4.78, 5) is 15.8. The Morgan fingerprint density at radius 3 is 2.82 bits per heavy atom. The van der Waals surface area contributed by atoms with Gasteiger partial charge in [0.25, 0.3) is 5.91 Å². The third-order valence-electron chi connectivity index (χ3n) is 2.26. The van der Waals surface area contributed by atoms with Crippen molar-refractivity contribution in [2.24, 2.45) is 0 Å². The van der Waals surface area contributed by atoms with Crippen LogP contribution in [0.25, 0.3) is 11.1 Å². The number of aromatic nitrogens is 1. The number of furan rings is 1. The first kappa shape index (κ1) is 9.65. The second kappa shape index (κ2) is 3.79. The van der Waals surface area contributed by atoms with Crippen molar-refractivity contribution in [1.29, 1.82) is 0 Å². The second-order valence-corrected chi connectivity index (χ2v) is 3.42. The third-order valence-corrected chi connectivity index (χ3v) is 2.26. The van der Waals surface area contributed by atoms with Crippen LogP contribution in [0, 0.1) is 0 Å². The Kier molecular flexibility index (Phi) is 2.15. The van der Waals surface area contributed by atoms with Crippen LogP contribution in [0.5, 0.6) is 0 Å². The van der Waals surface area contributed by atoms with Crippen LogP contribution < -0.4 is 5.32 Å². The molecule has 3 aromatic rings. The Morgan fingerprint density at radius 1 is 1.18 bits per heavy atom. The van der Waals surface area contributed by atoms with Gasteiger partial charge in [0.2, 0.25) is 0 Å².